The van der Waals surface area contributed by atoms with Gasteiger partial charge in [-0.2, -0.15) is 0 Å². The van der Waals surface area contributed by atoms with Crippen LogP contribution in [0.15, 0.2) is 184 Å². The molecule has 12 unspecified atom stereocenters. The summed E-state index contributed by atoms with van der Waals surface area (Å²) in [6, 6.07) is 34.5. The lowest BCUT2D eigenvalue weighted by atomic mass is 10.1. The Hall–Kier alpha value is -14.0. The van der Waals surface area contributed by atoms with Crippen molar-refractivity contribution in [2.75, 3.05) is 51.7 Å². The molecule has 9 aromatic heterocycles. The average Bonchev–Trinajstić information content (AvgIpc) is 1.60. The third-order valence-electron chi connectivity index (χ3n) is 19.2. The number of urea groups is 3. The van der Waals surface area contributed by atoms with Crippen LogP contribution in [0.4, 0.5) is 48.9 Å². The molecule has 6 aliphatic heterocycles. The van der Waals surface area contributed by atoms with Crippen LogP contribution >= 0.6 is 0 Å². The van der Waals surface area contributed by atoms with Gasteiger partial charge in [-0.05, 0) is 102 Å². The fourth-order valence-corrected chi connectivity index (χ4v) is 14.2. The first-order chi connectivity index (χ1) is 57.8. The van der Waals surface area contributed by atoms with Gasteiger partial charge in [-0.25, -0.2) is 83.8 Å². The Labute approximate surface area is 678 Å². The molecule has 0 aliphatic carbocycles. The third kappa shape index (κ3) is 17.5. The molecule has 618 valence electrons. The summed E-state index contributed by atoms with van der Waals surface area (Å²) >= 11 is 0. The van der Waals surface area contributed by atoms with Gasteiger partial charge in [0.05, 0.1) is 30.1 Å². The number of amides is 7. The van der Waals surface area contributed by atoms with Crippen molar-refractivity contribution in [1.82, 2.24) is 73.5 Å². The number of carbonyl (C=O) groups is 6. The van der Waals surface area contributed by atoms with E-state index in [0.29, 0.717) is 56.4 Å². The Morgan fingerprint density at radius 2 is 0.742 bits per heavy atom. The Balaban J connectivity index is 0.000000134. The first-order valence-electron chi connectivity index (χ1n) is 37.3. The minimum atomic E-state index is -1.15. The number of carbonyl (C=O) groups excluding carboxylic acids is 4. The van der Waals surface area contributed by atoms with Crippen molar-refractivity contribution >= 4 is 104 Å². The summed E-state index contributed by atoms with van der Waals surface area (Å²) < 4.78 is 78.5. The molecule has 3 aromatic carbocycles. The molecule has 42 nitrogen and oxygen atoms in total. The van der Waals surface area contributed by atoms with E-state index in [4.69, 9.17) is 67.7 Å². The van der Waals surface area contributed by atoms with Crippen LogP contribution in [0.2, 0.25) is 0 Å². The van der Waals surface area contributed by atoms with E-state index in [-0.39, 0.29) is 65.7 Å². The van der Waals surface area contributed by atoms with Gasteiger partial charge in [-0.15, -0.1) is 0 Å². The number of fused-ring (bicyclic) bond motifs is 6. The van der Waals surface area contributed by atoms with E-state index in [1.807, 2.05) is 82.3 Å². The van der Waals surface area contributed by atoms with E-state index < -0.39 is 127 Å². The summed E-state index contributed by atoms with van der Waals surface area (Å²) in [6.45, 7) is 11.0. The van der Waals surface area contributed by atoms with Crippen LogP contribution in [0.1, 0.15) is 91.3 Å². The molecule has 12 aromatic rings. The van der Waals surface area contributed by atoms with Gasteiger partial charge in [0.2, 0.25) is 23.5 Å². The summed E-state index contributed by atoms with van der Waals surface area (Å²) in [4.78, 5) is 123. The highest BCUT2D eigenvalue weighted by molar-refractivity contribution is 6.05. The second-order valence-corrected chi connectivity index (χ2v) is 28.9. The van der Waals surface area contributed by atoms with Crippen LogP contribution in [-0.4, -0.2) is 212 Å². The molecule has 0 saturated carbocycles. The number of anilines is 6. The maximum absolute atomic E-state index is 12.6. The lowest BCUT2D eigenvalue weighted by Gasteiger charge is -2.24. The van der Waals surface area contributed by atoms with Crippen LogP contribution in [0.25, 0.3) is 33.5 Å². The van der Waals surface area contributed by atoms with Gasteiger partial charge in [0, 0.05) is 47.8 Å². The van der Waals surface area contributed by atoms with Gasteiger partial charge < -0.3 is 88.7 Å². The highest BCUT2D eigenvalue weighted by Crippen LogP contribution is 2.48. The van der Waals surface area contributed by atoms with Crippen molar-refractivity contribution in [2.45, 2.75) is 133 Å². The number of imidazole rings is 3. The molecule has 120 heavy (non-hydrogen) atoms. The molecule has 0 radical (unpaired) electrons. The summed E-state index contributed by atoms with van der Waals surface area (Å²) in [5.74, 6) is -4.23. The third-order valence-corrected chi connectivity index (χ3v) is 19.2. The van der Waals surface area contributed by atoms with E-state index in [1.54, 1.807) is 82.7 Å². The van der Waals surface area contributed by atoms with Gasteiger partial charge in [0.1, 0.15) is 99.3 Å². The standard InChI is InChI=1S/C26H26N8O6.2C26H25N7O7/c1-26(2)39-19-16(11-37-17-9-8-14(10-28-17)21(27)35)38-24(20(19)40-26)34-13-31-18-22(29-12-30-23(18)34)33-25(36)32-15-6-4-3-5-7-15;1-26(2)39-18-16(11-37-22-15(24(34)35)9-6-10-27-22)38-23(19(18)40-26)33-13-30-17-20(28-12-29-21(17)33)32-25(36)31-14-7-4-3-5-8-14;1-26(2)39-19-16(11-37-17-9-8-14(10-27-17)24(34)35)38-23(20(19)40-26)33-13-30-18-21(28-12-29-22(18)33)32-25(36)31-15-6-4-3-5-7-15/h3-10,12-13,16,19-20,24H,11H2,1-2H3,(H2,27,35)(H2,29,30,32,33,36);3-10,12-13,16,18-19,23H,11H2,1-2H3,(H,34,35)(H2,28,29,31,32,36);3-10,12-13,16,19-20,23H,11H2,1-2H3,(H,34,35)(H2,28,29,31,32,36). The Morgan fingerprint density at radius 1 is 0.392 bits per heavy atom. The molecular weight excluding hydrogens is 1560 g/mol. The monoisotopic (exact) mass is 1640 g/mol. The quantitative estimate of drug-likeness (QED) is 0.0325. The summed E-state index contributed by atoms with van der Waals surface area (Å²) in [7, 11) is 0. The van der Waals surface area contributed by atoms with Gasteiger partial charge in [0.15, 0.2) is 87.0 Å². The van der Waals surface area contributed by atoms with Crippen LogP contribution in [0.3, 0.4) is 0 Å². The molecule has 15 heterocycles. The fraction of sp³-hybridized carbons (Fsp3) is 0.308. The molecule has 7 amide bonds. The Morgan fingerprint density at radius 3 is 1.07 bits per heavy atom. The number of para-hydroxylation sites is 3. The first-order valence-corrected chi connectivity index (χ1v) is 37.3. The maximum Gasteiger partial charge on any atom is 0.341 e. The Bertz CT molecular complexity index is 5520. The zero-order chi connectivity index (χ0) is 83.6. The zero-order valence-corrected chi connectivity index (χ0v) is 64.4. The largest absolute Gasteiger partial charge is 0.478 e. The number of aromatic carboxylic acids is 2. The summed E-state index contributed by atoms with van der Waals surface area (Å²) in [5.41, 5.74) is 9.79. The molecule has 6 saturated heterocycles. The predicted molar refractivity (Wildman–Crippen MR) is 418 cm³/mol. The highest BCUT2D eigenvalue weighted by Gasteiger charge is 2.59. The van der Waals surface area contributed by atoms with Crippen molar-refractivity contribution in [3.05, 3.63) is 201 Å². The minimum Gasteiger partial charge on any atom is -0.478 e. The normalized spacial score (nSPS) is 23.1. The van der Waals surface area contributed by atoms with Gasteiger partial charge in [-0.1, -0.05) is 54.6 Å². The molecular formula is C78H76N22O20. The van der Waals surface area contributed by atoms with Crippen LogP contribution in [-0.2, 0) is 42.6 Å². The van der Waals surface area contributed by atoms with Crippen molar-refractivity contribution in [1.29, 1.82) is 0 Å². The number of primary amides is 1. The predicted octanol–water partition coefficient (Wildman–Crippen LogP) is 8.58. The van der Waals surface area contributed by atoms with E-state index in [9.17, 15) is 33.9 Å². The number of pyridine rings is 3. The van der Waals surface area contributed by atoms with Crippen molar-refractivity contribution < 1.29 is 95.8 Å². The number of ether oxygens (including phenoxy) is 12. The molecule has 0 bridgehead atoms. The SMILES string of the molecule is CC1(C)OC2C(COc3ccc(C(=O)O)cn3)OC(n3cnc4c(NC(=O)Nc5ccccc5)ncnc43)C2O1.CC1(C)OC2C(COc3ccc(C(N)=O)cn3)OC(n3cnc4c(NC(=O)Nc5ccccc5)ncnc43)C2O1.CC1(C)OC2C(COc3ncccc3C(=O)O)OC(n3cnc4c(NC(=O)Nc5ccccc5)ncnc43)C2O1. The topological polar surface area (TPSA) is 521 Å². The van der Waals surface area contributed by atoms with Crippen LogP contribution in [0, 0.1) is 0 Å². The van der Waals surface area contributed by atoms with Gasteiger partial charge >= 0.3 is 30.0 Å². The molecule has 6 fully saturated rings. The molecule has 10 N–H and O–H groups in total. The van der Waals surface area contributed by atoms with Gasteiger partial charge in [0.25, 0.3) is 0 Å². The zero-order valence-electron chi connectivity index (χ0n) is 64.4. The van der Waals surface area contributed by atoms with Crippen LogP contribution < -0.4 is 51.8 Å². The minimum absolute atomic E-state index is 0.0258. The van der Waals surface area contributed by atoms with Crippen molar-refractivity contribution in [3.63, 3.8) is 0 Å². The van der Waals surface area contributed by atoms with Crippen molar-refractivity contribution in [2.24, 2.45) is 5.73 Å². The van der Waals surface area contributed by atoms with Crippen molar-refractivity contribution in [3.8, 4) is 17.6 Å². The van der Waals surface area contributed by atoms with E-state index in [2.05, 4.69) is 91.7 Å². The van der Waals surface area contributed by atoms with E-state index in [0.717, 1.165) is 0 Å². The summed E-state index contributed by atoms with van der Waals surface area (Å²) in [6.07, 6.45) is 5.83. The number of carboxylic acids is 2. The second-order valence-electron chi connectivity index (χ2n) is 28.9. The summed E-state index contributed by atoms with van der Waals surface area (Å²) in [5, 5.41) is 34.9. The molecule has 42 heteroatoms. The highest BCUT2D eigenvalue weighted by atomic mass is 16.8. The number of hydrogen-bond donors (Lipinski definition) is 9. The maximum atomic E-state index is 12.6. The number of nitrogens with zero attached hydrogens (tertiary/aromatic N) is 15. The van der Waals surface area contributed by atoms with E-state index in [1.165, 1.54) is 74.2 Å². The average molecular weight is 1640 g/mol. The van der Waals surface area contributed by atoms with Gasteiger partial charge in [-0.3, -0.25) is 34.4 Å². The number of aromatic nitrogens is 15. The first kappa shape index (κ1) is 79.8. The number of hydrogen-bond acceptors (Lipinski definition) is 30. The number of rotatable bonds is 21. The molecule has 0 spiro atoms. The number of benzene rings is 3. The number of carboxylic acid groups (broad SMARTS) is 2. The number of nitrogens with two attached hydrogens (primary N) is 1. The van der Waals surface area contributed by atoms with E-state index >= 15 is 0 Å². The van der Waals surface area contributed by atoms with Crippen LogP contribution in [0.5, 0.6) is 17.6 Å². The smallest absolute Gasteiger partial charge is 0.341 e. The fourth-order valence-electron chi connectivity index (χ4n) is 14.2. The lowest BCUT2D eigenvalue weighted by Crippen LogP contribution is -2.34. The number of nitrogens with one attached hydrogen (secondary N) is 6. The second kappa shape index (κ2) is 33.6. The Kier molecular flexibility index (Phi) is 22.3. The lowest BCUT2D eigenvalue weighted by molar-refractivity contribution is -0.199. The molecule has 18 rings (SSSR count). The molecule has 12 atom stereocenters. The molecule has 6 aliphatic rings.